The number of rotatable bonds is 7. The molecule has 4 nitrogen and oxygen atoms in total. The normalized spacial score (nSPS) is 12.5. The van der Waals surface area contributed by atoms with Gasteiger partial charge in [0.1, 0.15) is 30.1 Å². The van der Waals surface area contributed by atoms with Gasteiger partial charge in [0.15, 0.2) is 0 Å². The van der Waals surface area contributed by atoms with Crippen molar-refractivity contribution in [3.05, 3.63) is 65.7 Å². The van der Waals surface area contributed by atoms with Crippen molar-refractivity contribution in [2.75, 3.05) is 13.2 Å². The Morgan fingerprint density at radius 1 is 1.16 bits per heavy atom. The van der Waals surface area contributed by atoms with Crippen molar-refractivity contribution in [1.82, 2.24) is 5.32 Å². The van der Waals surface area contributed by atoms with Gasteiger partial charge in [-0.1, -0.05) is 18.2 Å². The zero-order valence-electron chi connectivity index (χ0n) is 14.1. The topological polar surface area (TPSA) is 58.6 Å². The fourth-order valence-corrected chi connectivity index (χ4v) is 2.30. The summed E-state index contributed by atoms with van der Waals surface area (Å²) in [7, 11) is 0. The van der Waals surface area contributed by atoms with Crippen LogP contribution in [0.5, 0.6) is 5.75 Å². The van der Waals surface area contributed by atoms with Gasteiger partial charge in [-0.2, -0.15) is 0 Å². The maximum absolute atomic E-state index is 13.9. The van der Waals surface area contributed by atoms with Crippen molar-refractivity contribution < 1.29 is 23.4 Å². The van der Waals surface area contributed by atoms with Crippen molar-refractivity contribution in [2.24, 2.45) is 0 Å². The van der Waals surface area contributed by atoms with Crippen LogP contribution in [-0.2, 0) is 10.2 Å². The van der Waals surface area contributed by atoms with Crippen molar-refractivity contribution in [3.8, 4) is 5.75 Å². The van der Waals surface area contributed by atoms with Crippen LogP contribution in [0.4, 0.5) is 8.78 Å². The van der Waals surface area contributed by atoms with Crippen LogP contribution in [0, 0.1) is 11.6 Å². The summed E-state index contributed by atoms with van der Waals surface area (Å²) in [6.07, 6.45) is -0.953. The summed E-state index contributed by atoms with van der Waals surface area (Å²) < 4.78 is 32.0. The first kappa shape index (κ1) is 18.9. The molecule has 0 aromatic heterocycles. The predicted octanol–water partition coefficient (Wildman–Crippen LogP) is 2.80. The smallest absolute Gasteiger partial charge is 0.230 e. The first-order chi connectivity index (χ1) is 11.8. The van der Waals surface area contributed by atoms with Crippen LogP contribution in [0.2, 0.25) is 0 Å². The van der Waals surface area contributed by atoms with Crippen LogP contribution >= 0.6 is 0 Å². The monoisotopic (exact) mass is 349 g/mol. The lowest BCUT2D eigenvalue weighted by Gasteiger charge is -2.25. The molecule has 1 amide bonds. The molecule has 0 radical (unpaired) electrons. The standard InChI is InChI=1S/C19H21F2NO3/c1-19(2,16-5-3-4-6-17(16)21)18(24)22-11-14(23)12-25-15-9-7-13(20)8-10-15/h3-10,14,23H,11-12H2,1-2H3,(H,22,24). The van der Waals surface area contributed by atoms with Gasteiger partial charge in [-0.3, -0.25) is 4.79 Å². The van der Waals surface area contributed by atoms with Crippen LogP contribution in [0.15, 0.2) is 48.5 Å². The predicted molar refractivity (Wildman–Crippen MR) is 90.3 cm³/mol. The fraction of sp³-hybridized carbons (Fsp3) is 0.316. The zero-order chi connectivity index (χ0) is 18.4. The van der Waals surface area contributed by atoms with Crippen LogP contribution in [0.25, 0.3) is 0 Å². The molecule has 0 fully saturated rings. The molecule has 0 aliphatic heterocycles. The van der Waals surface area contributed by atoms with E-state index < -0.39 is 23.2 Å². The van der Waals surface area contributed by atoms with Crippen molar-refractivity contribution in [3.63, 3.8) is 0 Å². The minimum atomic E-state index is -1.08. The lowest BCUT2D eigenvalue weighted by Crippen LogP contribution is -2.44. The lowest BCUT2D eigenvalue weighted by atomic mass is 9.83. The second kappa shape index (κ2) is 8.07. The molecule has 2 aromatic rings. The molecule has 6 heteroatoms. The third kappa shape index (κ3) is 5.00. The Morgan fingerprint density at radius 2 is 1.80 bits per heavy atom. The van der Waals surface area contributed by atoms with Gasteiger partial charge in [-0.15, -0.1) is 0 Å². The Hall–Kier alpha value is -2.47. The summed E-state index contributed by atoms with van der Waals surface area (Å²) in [4.78, 5) is 12.4. The highest BCUT2D eigenvalue weighted by molar-refractivity contribution is 5.87. The van der Waals surface area contributed by atoms with Gasteiger partial charge in [-0.25, -0.2) is 8.78 Å². The average molecular weight is 349 g/mol. The summed E-state index contributed by atoms with van der Waals surface area (Å²) in [5.74, 6) is -0.824. The minimum absolute atomic E-state index is 0.0437. The first-order valence-corrected chi connectivity index (χ1v) is 7.90. The van der Waals surface area contributed by atoms with E-state index in [0.717, 1.165) is 0 Å². The molecule has 0 spiro atoms. The van der Waals surface area contributed by atoms with Crippen LogP contribution in [0.3, 0.4) is 0 Å². The Labute approximate surface area is 145 Å². The van der Waals surface area contributed by atoms with Crippen LogP contribution in [0.1, 0.15) is 19.4 Å². The number of carbonyl (C=O) groups is 1. The maximum atomic E-state index is 13.9. The van der Waals surface area contributed by atoms with Gasteiger partial charge < -0.3 is 15.2 Å². The number of benzene rings is 2. The van der Waals surface area contributed by atoms with Crippen LogP contribution < -0.4 is 10.1 Å². The van der Waals surface area contributed by atoms with Crippen molar-refractivity contribution in [2.45, 2.75) is 25.4 Å². The molecule has 0 saturated carbocycles. The molecular formula is C19H21F2NO3. The molecular weight excluding hydrogens is 328 g/mol. The molecule has 1 atom stereocenters. The molecule has 2 aromatic carbocycles. The van der Waals surface area contributed by atoms with Crippen molar-refractivity contribution >= 4 is 5.91 Å². The number of nitrogens with one attached hydrogen (secondary N) is 1. The molecule has 0 saturated heterocycles. The number of halogens is 2. The molecule has 2 rings (SSSR count). The number of carbonyl (C=O) groups excluding carboxylic acids is 1. The van der Waals surface area contributed by atoms with E-state index in [1.165, 1.54) is 30.3 Å². The van der Waals surface area contributed by atoms with E-state index >= 15 is 0 Å². The quantitative estimate of drug-likeness (QED) is 0.808. The van der Waals surface area contributed by atoms with E-state index in [2.05, 4.69) is 5.32 Å². The second-order valence-corrected chi connectivity index (χ2v) is 6.23. The number of ether oxygens (including phenoxy) is 1. The van der Waals surface area contributed by atoms with Gasteiger partial charge in [0, 0.05) is 12.1 Å². The van der Waals surface area contributed by atoms with Gasteiger partial charge in [-0.05, 0) is 44.2 Å². The van der Waals surface area contributed by atoms with E-state index in [1.54, 1.807) is 32.0 Å². The maximum Gasteiger partial charge on any atom is 0.230 e. The molecule has 0 bridgehead atoms. The number of hydrogen-bond donors (Lipinski definition) is 2. The van der Waals surface area contributed by atoms with Crippen molar-refractivity contribution in [1.29, 1.82) is 0 Å². The molecule has 2 N–H and O–H groups in total. The van der Waals surface area contributed by atoms with Gasteiger partial charge in [0.05, 0.1) is 5.41 Å². The fourth-order valence-electron chi connectivity index (χ4n) is 2.30. The highest BCUT2D eigenvalue weighted by Crippen LogP contribution is 2.25. The average Bonchev–Trinajstić information content (AvgIpc) is 2.59. The minimum Gasteiger partial charge on any atom is -0.491 e. The van der Waals surface area contributed by atoms with E-state index in [4.69, 9.17) is 4.74 Å². The zero-order valence-corrected chi connectivity index (χ0v) is 14.1. The Morgan fingerprint density at radius 3 is 2.44 bits per heavy atom. The lowest BCUT2D eigenvalue weighted by molar-refractivity contribution is -0.126. The van der Waals surface area contributed by atoms with E-state index in [9.17, 15) is 18.7 Å². The summed E-state index contributed by atoms with van der Waals surface area (Å²) in [6.45, 7) is 3.12. The van der Waals surface area contributed by atoms with Gasteiger partial charge >= 0.3 is 0 Å². The van der Waals surface area contributed by atoms with E-state index in [1.807, 2.05) is 0 Å². The second-order valence-electron chi connectivity index (χ2n) is 6.23. The highest BCUT2D eigenvalue weighted by Gasteiger charge is 2.32. The molecule has 25 heavy (non-hydrogen) atoms. The highest BCUT2D eigenvalue weighted by atomic mass is 19.1. The summed E-state index contributed by atoms with van der Waals surface area (Å²) in [6, 6.07) is 11.5. The third-order valence-electron chi connectivity index (χ3n) is 3.87. The number of amides is 1. The first-order valence-electron chi connectivity index (χ1n) is 7.90. The molecule has 0 aliphatic rings. The van der Waals surface area contributed by atoms with E-state index in [-0.39, 0.29) is 24.5 Å². The van der Waals surface area contributed by atoms with E-state index in [0.29, 0.717) is 5.75 Å². The number of hydrogen-bond acceptors (Lipinski definition) is 3. The largest absolute Gasteiger partial charge is 0.491 e. The molecule has 0 heterocycles. The summed E-state index contributed by atoms with van der Waals surface area (Å²) >= 11 is 0. The third-order valence-corrected chi connectivity index (χ3v) is 3.87. The number of aliphatic hydroxyl groups is 1. The van der Waals surface area contributed by atoms with Gasteiger partial charge in [0.2, 0.25) is 5.91 Å². The Kier molecular flexibility index (Phi) is 6.09. The van der Waals surface area contributed by atoms with Gasteiger partial charge in [0.25, 0.3) is 0 Å². The summed E-state index contributed by atoms with van der Waals surface area (Å²) in [5.41, 5.74) is -0.798. The number of aliphatic hydroxyl groups excluding tert-OH is 1. The summed E-state index contributed by atoms with van der Waals surface area (Å²) in [5, 5.41) is 12.5. The molecule has 0 aliphatic carbocycles. The molecule has 134 valence electrons. The SMILES string of the molecule is CC(C)(C(=O)NCC(O)COc1ccc(F)cc1)c1ccccc1F. The van der Waals surface area contributed by atoms with Crippen LogP contribution in [-0.4, -0.2) is 30.3 Å². The Balaban J connectivity index is 1.86. The Bertz CT molecular complexity index is 717. The molecule has 1 unspecified atom stereocenters.